The number of pyridine rings is 1. The summed E-state index contributed by atoms with van der Waals surface area (Å²) in [5.41, 5.74) is 19.3. The van der Waals surface area contributed by atoms with Crippen LogP contribution in [-0.2, 0) is 5.41 Å². The second-order valence-corrected chi connectivity index (χ2v) is 15.5. The van der Waals surface area contributed by atoms with Gasteiger partial charge in [0.25, 0.3) is 0 Å². The highest BCUT2D eigenvalue weighted by molar-refractivity contribution is 6.10. The van der Waals surface area contributed by atoms with Crippen LogP contribution in [0.4, 0.5) is 17.1 Å². The van der Waals surface area contributed by atoms with E-state index in [0.717, 1.165) is 50.8 Å². The quantitative estimate of drug-likeness (QED) is 0.169. The Bertz CT molecular complexity index is 3060. The first-order valence-electron chi connectivity index (χ1n) is 20.3. The monoisotopic (exact) mass is 751 g/mol. The fourth-order valence-electron chi connectivity index (χ4n) is 10.1. The van der Waals surface area contributed by atoms with Crippen molar-refractivity contribution in [2.75, 3.05) is 4.90 Å². The van der Waals surface area contributed by atoms with Crippen LogP contribution in [0.3, 0.4) is 0 Å². The molecular weight excluding hydrogens is 715 g/mol. The van der Waals surface area contributed by atoms with Gasteiger partial charge in [-0.25, -0.2) is 4.98 Å². The molecule has 2 aromatic heterocycles. The van der Waals surface area contributed by atoms with Crippen molar-refractivity contribution < 1.29 is 0 Å². The van der Waals surface area contributed by atoms with Gasteiger partial charge in [-0.2, -0.15) is 0 Å². The van der Waals surface area contributed by atoms with Gasteiger partial charge in [0.1, 0.15) is 0 Å². The molecular formula is C56H37N3. The van der Waals surface area contributed by atoms with Crippen LogP contribution in [0.25, 0.3) is 61.5 Å². The standard InChI is InChI=1S/C56H37N3/c1-5-20-38(21-6-1)50-36-42(37-51(57-50)39-22-7-2-8-23-39)59-54-46(31-19-35-52(54)58(40-24-9-3-10-25-40)41-26-11-4-12-27-41)53-55(59)45-30-15-18-34-49(45)56(53)47-32-16-13-28-43(47)44-29-14-17-33-48(44)56/h1-37H. The average molecular weight is 752 g/mol. The van der Waals surface area contributed by atoms with Gasteiger partial charge in [-0.1, -0.05) is 182 Å². The molecule has 0 N–H and O–H groups in total. The second-order valence-electron chi connectivity index (χ2n) is 15.5. The number of hydrogen-bond donors (Lipinski definition) is 0. The van der Waals surface area contributed by atoms with E-state index in [9.17, 15) is 0 Å². The number of rotatable bonds is 6. The van der Waals surface area contributed by atoms with Gasteiger partial charge in [-0.05, 0) is 70.3 Å². The van der Waals surface area contributed by atoms with Crippen LogP contribution in [0.2, 0.25) is 0 Å². The maximum Gasteiger partial charge on any atom is 0.0779 e. The Labute approximate surface area is 343 Å². The van der Waals surface area contributed by atoms with Gasteiger partial charge in [0.05, 0.1) is 39.4 Å². The third kappa shape index (κ3) is 4.85. The minimum absolute atomic E-state index is 0.539. The van der Waals surface area contributed by atoms with Gasteiger partial charge in [0.2, 0.25) is 0 Å². The van der Waals surface area contributed by atoms with Crippen molar-refractivity contribution in [2.45, 2.75) is 5.41 Å². The molecule has 10 aromatic rings. The molecule has 3 nitrogen and oxygen atoms in total. The van der Waals surface area contributed by atoms with E-state index in [1.54, 1.807) is 0 Å². The number of benzene rings is 8. The number of nitrogens with zero attached hydrogens (tertiary/aromatic N) is 3. The molecule has 2 heterocycles. The summed E-state index contributed by atoms with van der Waals surface area (Å²) >= 11 is 0. The number of aromatic nitrogens is 2. The molecule has 0 saturated carbocycles. The van der Waals surface area contributed by atoms with Crippen molar-refractivity contribution in [3.63, 3.8) is 0 Å². The Morgan fingerprint density at radius 2 is 0.847 bits per heavy atom. The molecule has 276 valence electrons. The van der Waals surface area contributed by atoms with Crippen molar-refractivity contribution in [2.24, 2.45) is 0 Å². The van der Waals surface area contributed by atoms with Crippen LogP contribution < -0.4 is 4.90 Å². The Morgan fingerprint density at radius 1 is 0.407 bits per heavy atom. The molecule has 0 atom stereocenters. The van der Waals surface area contributed by atoms with E-state index in [1.807, 2.05) is 0 Å². The van der Waals surface area contributed by atoms with Crippen molar-refractivity contribution in [1.82, 2.24) is 9.55 Å². The molecule has 0 radical (unpaired) electrons. The molecule has 2 aliphatic carbocycles. The smallest absolute Gasteiger partial charge is 0.0779 e. The lowest BCUT2D eigenvalue weighted by Crippen LogP contribution is -2.25. The van der Waals surface area contributed by atoms with E-state index in [0.29, 0.717) is 0 Å². The number of hydrogen-bond acceptors (Lipinski definition) is 2. The maximum absolute atomic E-state index is 5.36. The molecule has 0 bridgehead atoms. The molecule has 0 aliphatic heterocycles. The van der Waals surface area contributed by atoms with Crippen LogP contribution >= 0.6 is 0 Å². The van der Waals surface area contributed by atoms with Crippen LogP contribution in [0.15, 0.2) is 224 Å². The van der Waals surface area contributed by atoms with Crippen LogP contribution in [0.5, 0.6) is 0 Å². The molecule has 0 saturated heterocycles. The summed E-state index contributed by atoms with van der Waals surface area (Å²) in [5.74, 6) is 0. The Hall–Kier alpha value is -7.75. The zero-order chi connectivity index (χ0) is 38.9. The van der Waals surface area contributed by atoms with E-state index in [1.165, 1.54) is 50.0 Å². The van der Waals surface area contributed by atoms with Crippen molar-refractivity contribution in [3.8, 4) is 50.6 Å². The van der Waals surface area contributed by atoms with Gasteiger partial charge >= 0.3 is 0 Å². The molecule has 0 unspecified atom stereocenters. The van der Waals surface area contributed by atoms with Gasteiger partial charge in [0, 0.05) is 39.0 Å². The van der Waals surface area contributed by atoms with E-state index < -0.39 is 5.41 Å². The first-order valence-corrected chi connectivity index (χ1v) is 20.3. The van der Waals surface area contributed by atoms with Crippen molar-refractivity contribution in [3.05, 3.63) is 247 Å². The first-order chi connectivity index (χ1) is 29.3. The summed E-state index contributed by atoms with van der Waals surface area (Å²) in [6.45, 7) is 0. The highest BCUT2D eigenvalue weighted by Crippen LogP contribution is 2.65. The predicted octanol–water partition coefficient (Wildman–Crippen LogP) is 14.2. The molecule has 2 aliphatic rings. The topological polar surface area (TPSA) is 21.1 Å². The minimum atomic E-state index is -0.539. The highest BCUT2D eigenvalue weighted by Gasteiger charge is 2.54. The molecule has 3 heteroatoms. The molecule has 0 amide bonds. The highest BCUT2D eigenvalue weighted by atomic mass is 15.2. The number of fused-ring (bicyclic) bond motifs is 12. The number of para-hydroxylation sites is 3. The first kappa shape index (κ1) is 33.4. The normalized spacial score (nSPS) is 12.9. The van der Waals surface area contributed by atoms with E-state index >= 15 is 0 Å². The van der Waals surface area contributed by atoms with E-state index in [-0.39, 0.29) is 0 Å². The molecule has 12 rings (SSSR count). The number of anilines is 3. The lowest BCUT2D eigenvalue weighted by molar-refractivity contribution is 0.801. The summed E-state index contributed by atoms with van der Waals surface area (Å²) < 4.78 is 2.57. The average Bonchev–Trinajstić information content (AvgIpc) is 3.93. The minimum Gasteiger partial charge on any atom is -0.308 e. The largest absolute Gasteiger partial charge is 0.308 e. The summed E-state index contributed by atoms with van der Waals surface area (Å²) in [7, 11) is 0. The third-order valence-electron chi connectivity index (χ3n) is 12.4. The lowest BCUT2D eigenvalue weighted by Gasteiger charge is -2.31. The Balaban J connectivity index is 1.28. The fourth-order valence-corrected chi connectivity index (χ4v) is 10.1. The van der Waals surface area contributed by atoms with E-state index in [2.05, 4.69) is 234 Å². The van der Waals surface area contributed by atoms with Crippen LogP contribution in [0.1, 0.15) is 22.3 Å². The molecule has 0 fully saturated rings. The SMILES string of the molecule is c1ccc(-c2cc(-n3c4c(c5cccc(N(c6ccccc6)c6ccccc6)c53)C3(c5ccccc5-c5ccccc53)c3ccccc3-4)cc(-c3ccccc3)n2)cc1. The maximum atomic E-state index is 5.36. The molecule has 1 spiro atoms. The predicted molar refractivity (Wildman–Crippen MR) is 243 cm³/mol. The lowest BCUT2D eigenvalue weighted by atomic mass is 9.70. The van der Waals surface area contributed by atoms with Crippen LogP contribution in [-0.4, -0.2) is 9.55 Å². The molecule has 8 aromatic carbocycles. The van der Waals surface area contributed by atoms with Gasteiger partial charge < -0.3 is 9.47 Å². The summed E-state index contributed by atoms with van der Waals surface area (Å²) in [4.78, 5) is 7.78. The summed E-state index contributed by atoms with van der Waals surface area (Å²) in [6.07, 6.45) is 0. The van der Waals surface area contributed by atoms with Gasteiger partial charge in [-0.15, -0.1) is 0 Å². The zero-order valence-corrected chi connectivity index (χ0v) is 32.2. The van der Waals surface area contributed by atoms with Gasteiger partial charge in [0.15, 0.2) is 0 Å². The second kappa shape index (κ2) is 13.2. The Kier molecular flexibility index (Phi) is 7.45. The summed E-state index contributed by atoms with van der Waals surface area (Å²) in [6, 6.07) is 81.4. The van der Waals surface area contributed by atoms with Crippen LogP contribution in [0, 0.1) is 0 Å². The summed E-state index contributed by atoms with van der Waals surface area (Å²) in [5, 5.41) is 1.22. The van der Waals surface area contributed by atoms with E-state index in [4.69, 9.17) is 4.98 Å². The molecule has 59 heavy (non-hydrogen) atoms. The van der Waals surface area contributed by atoms with Crippen molar-refractivity contribution in [1.29, 1.82) is 0 Å². The van der Waals surface area contributed by atoms with Crippen molar-refractivity contribution >= 4 is 28.0 Å². The fraction of sp³-hybridized carbons (Fsp3) is 0.0179. The Morgan fingerprint density at radius 3 is 1.37 bits per heavy atom. The zero-order valence-electron chi connectivity index (χ0n) is 32.2. The van der Waals surface area contributed by atoms with Gasteiger partial charge in [-0.3, -0.25) is 0 Å². The third-order valence-corrected chi connectivity index (χ3v) is 12.4.